The molecule has 30 heavy (non-hydrogen) atoms. The molecular weight excluding hydrogens is 398 g/mol. The number of aryl methyl sites for hydroxylation is 1. The Balaban J connectivity index is 1.54. The van der Waals surface area contributed by atoms with Gasteiger partial charge < -0.3 is 9.88 Å². The largest absolute Gasteiger partial charge is 0.327 e. The number of nitrogens with zero attached hydrogens (tertiary/aromatic N) is 4. The molecule has 1 amide bonds. The van der Waals surface area contributed by atoms with Crippen LogP contribution in [0.3, 0.4) is 0 Å². The molecule has 1 N–H and O–H groups in total. The zero-order valence-corrected chi connectivity index (χ0v) is 17.7. The van der Waals surface area contributed by atoms with E-state index in [1.807, 2.05) is 42.8 Å². The molecule has 0 fully saturated rings. The summed E-state index contributed by atoms with van der Waals surface area (Å²) in [6, 6.07) is 14.8. The maximum absolute atomic E-state index is 12.8. The number of thioether (sulfide) groups is 1. The molecule has 152 valence electrons. The van der Waals surface area contributed by atoms with Crippen molar-refractivity contribution in [3.8, 4) is 0 Å². The summed E-state index contributed by atoms with van der Waals surface area (Å²) in [5, 5.41) is 12.6. The van der Waals surface area contributed by atoms with Crippen LogP contribution in [-0.2, 0) is 11.8 Å². The highest BCUT2D eigenvalue weighted by molar-refractivity contribution is 8.00. The standard InChI is InChI=1S/C22H21N5O2S/c1-4-18(21(29)23-15-11-9-14(10-12-15)13(2)28)30-22-24-20-19(25-26-22)16-7-5-6-8-17(16)27(20)3/h5-12,18H,4H2,1-3H3,(H,23,29). The predicted molar refractivity (Wildman–Crippen MR) is 119 cm³/mol. The number of para-hydroxylation sites is 1. The normalized spacial score (nSPS) is 12.2. The summed E-state index contributed by atoms with van der Waals surface area (Å²) < 4.78 is 1.99. The number of rotatable bonds is 6. The van der Waals surface area contributed by atoms with Crippen LogP contribution in [0.15, 0.2) is 53.7 Å². The monoisotopic (exact) mass is 419 g/mol. The fraction of sp³-hybridized carbons (Fsp3) is 0.227. The van der Waals surface area contributed by atoms with E-state index < -0.39 is 0 Å². The van der Waals surface area contributed by atoms with Gasteiger partial charge in [0, 0.05) is 23.7 Å². The van der Waals surface area contributed by atoms with Gasteiger partial charge in [-0.1, -0.05) is 36.9 Å². The maximum Gasteiger partial charge on any atom is 0.237 e. The Labute approximate surface area is 177 Å². The number of benzene rings is 2. The molecule has 7 nitrogen and oxygen atoms in total. The lowest BCUT2D eigenvalue weighted by Crippen LogP contribution is -2.25. The van der Waals surface area contributed by atoms with Gasteiger partial charge in [0.2, 0.25) is 11.1 Å². The minimum Gasteiger partial charge on any atom is -0.327 e. The van der Waals surface area contributed by atoms with Crippen LogP contribution in [0.2, 0.25) is 0 Å². The predicted octanol–water partition coefficient (Wildman–Crippen LogP) is 4.23. The van der Waals surface area contributed by atoms with Crippen molar-refractivity contribution in [1.29, 1.82) is 0 Å². The Hall–Kier alpha value is -3.26. The lowest BCUT2D eigenvalue weighted by molar-refractivity contribution is -0.115. The van der Waals surface area contributed by atoms with Crippen molar-refractivity contribution in [2.24, 2.45) is 7.05 Å². The third kappa shape index (κ3) is 3.78. The van der Waals surface area contributed by atoms with Gasteiger partial charge in [-0.15, -0.1) is 10.2 Å². The van der Waals surface area contributed by atoms with Crippen molar-refractivity contribution in [2.45, 2.75) is 30.7 Å². The Morgan fingerprint density at radius 2 is 1.83 bits per heavy atom. The molecule has 0 radical (unpaired) electrons. The van der Waals surface area contributed by atoms with Crippen molar-refractivity contribution in [3.05, 3.63) is 54.1 Å². The molecule has 2 heterocycles. The number of anilines is 1. The van der Waals surface area contributed by atoms with E-state index in [9.17, 15) is 9.59 Å². The molecule has 4 aromatic rings. The van der Waals surface area contributed by atoms with Crippen LogP contribution in [0.5, 0.6) is 0 Å². The van der Waals surface area contributed by atoms with E-state index >= 15 is 0 Å². The van der Waals surface area contributed by atoms with E-state index in [0.29, 0.717) is 22.8 Å². The van der Waals surface area contributed by atoms with E-state index in [2.05, 4.69) is 20.5 Å². The molecule has 8 heteroatoms. The number of ketones is 1. The first-order valence-corrected chi connectivity index (χ1v) is 10.5. The lowest BCUT2D eigenvalue weighted by atomic mass is 10.1. The summed E-state index contributed by atoms with van der Waals surface area (Å²) in [7, 11) is 1.95. The van der Waals surface area contributed by atoms with Crippen LogP contribution in [0, 0.1) is 0 Å². The van der Waals surface area contributed by atoms with Gasteiger partial charge >= 0.3 is 0 Å². The van der Waals surface area contributed by atoms with E-state index in [4.69, 9.17) is 0 Å². The number of hydrogen-bond donors (Lipinski definition) is 1. The highest BCUT2D eigenvalue weighted by Crippen LogP contribution is 2.28. The molecule has 0 bridgehead atoms. The lowest BCUT2D eigenvalue weighted by Gasteiger charge is -2.13. The highest BCUT2D eigenvalue weighted by Gasteiger charge is 2.21. The quantitative estimate of drug-likeness (QED) is 0.372. The first-order chi connectivity index (χ1) is 14.5. The molecule has 0 spiro atoms. The number of aromatic nitrogens is 4. The summed E-state index contributed by atoms with van der Waals surface area (Å²) in [6.07, 6.45) is 0.610. The topological polar surface area (TPSA) is 89.8 Å². The molecule has 0 aliphatic rings. The minimum absolute atomic E-state index is 0.0109. The number of Topliss-reactive ketones (excluding diaryl/α,β-unsaturated/α-hetero) is 1. The summed E-state index contributed by atoms with van der Waals surface area (Å²) in [4.78, 5) is 28.8. The van der Waals surface area contributed by atoms with Gasteiger partial charge in [-0.2, -0.15) is 0 Å². The molecule has 1 unspecified atom stereocenters. The first-order valence-electron chi connectivity index (χ1n) is 9.64. The van der Waals surface area contributed by atoms with Gasteiger partial charge in [-0.3, -0.25) is 9.59 Å². The minimum atomic E-state index is -0.369. The van der Waals surface area contributed by atoms with Crippen molar-refractivity contribution < 1.29 is 9.59 Å². The van der Waals surface area contributed by atoms with Gasteiger partial charge in [0.25, 0.3) is 0 Å². The summed E-state index contributed by atoms with van der Waals surface area (Å²) in [5.41, 5.74) is 3.78. The molecule has 1 atom stereocenters. The van der Waals surface area contributed by atoms with E-state index in [1.165, 1.54) is 18.7 Å². The molecular formula is C22H21N5O2S. The second kappa shape index (κ2) is 8.23. The molecule has 4 rings (SSSR count). The van der Waals surface area contributed by atoms with Crippen LogP contribution in [-0.4, -0.2) is 36.7 Å². The molecule has 0 saturated heterocycles. The van der Waals surface area contributed by atoms with Crippen LogP contribution in [0.1, 0.15) is 30.6 Å². The molecule has 2 aromatic carbocycles. The Morgan fingerprint density at radius 1 is 1.10 bits per heavy atom. The van der Waals surface area contributed by atoms with Crippen LogP contribution in [0.25, 0.3) is 22.1 Å². The van der Waals surface area contributed by atoms with Gasteiger partial charge in [-0.05, 0) is 43.7 Å². The highest BCUT2D eigenvalue weighted by atomic mass is 32.2. The van der Waals surface area contributed by atoms with E-state index in [1.54, 1.807) is 24.3 Å². The summed E-state index contributed by atoms with van der Waals surface area (Å²) in [6.45, 7) is 3.46. The Bertz CT molecular complexity index is 1250. The fourth-order valence-corrected chi connectivity index (χ4v) is 4.12. The van der Waals surface area contributed by atoms with Gasteiger partial charge in [0.05, 0.1) is 10.8 Å². The van der Waals surface area contributed by atoms with Crippen molar-refractivity contribution >= 4 is 51.2 Å². The van der Waals surface area contributed by atoms with E-state index in [0.717, 1.165) is 22.1 Å². The third-order valence-electron chi connectivity index (χ3n) is 4.96. The van der Waals surface area contributed by atoms with Crippen molar-refractivity contribution in [2.75, 3.05) is 5.32 Å². The zero-order chi connectivity index (χ0) is 21.3. The number of fused-ring (bicyclic) bond motifs is 3. The Kier molecular flexibility index (Phi) is 5.50. The van der Waals surface area contributed by atoms with Gasteiger partial charge in [0.1, 0.15) is 5.52 Å². The smallest absolute Gasteiger partial charge is 0.237 e. The van der Waals surface area contributed by atoms with Crippen LogP contribution in [0.4, 0.5) is 5.69 Å². The third-order valence-corrected chi connectivity index (χ3v) is 6.17. The number of hydrogen-bond acceptors (Lipinski definition) is 6. The summed E-state index contributed by atoms with van der Waals surface area (Å²) >= 11 is 1.29. The molecule has 0 aliphatic carbocycles. The number of carbonyl (C=O) groups is 2. The maximum atomic E-state index is 12.8. The molecule has 0 aliphatic heterocycles. The molecule has 2 aromatic heterocycles. The van der Waals surface area contributed by atoms with Crippen LogP contribution >= 0.6 is 11.8 Å². The van der Waals surface area contributed by atoms with E-state index in [-0.39, 0.29) is 16.9 Å². The average molecular weight is 420 g/mol. The SMILES string of the molecule is CCC(Sc1nnc2c3ccccc3n(C)c2n1)C(=O)Nc1ccc(C(C)=O)cc1. The van der Waals surface area contributed by atoms with Crippen molar-refractivity contribution in [1.82, 2.24) is 19.7 Å². The fourth-order valence-electron chi connectivity index (χ4n) is 3.30. The Morgan fingerprint density at radius 3 is 2.53 bits per heavy atom. The van der Waals surface area contributed by atoms with Crippen LogP contribution < -0.4 is 5.32 Å². The number of carbonyl (C=O) groups excluding carboxylic acids is 2. The first kappa shape index (κ1) is 20.0. The van der Waals surface area contributed by atoms with Gasteiger partial charge in [-0.25, -0.2) is 4.98 Å². The van der Waals surface area contributed by atoms with Gasteiger partial charge in [0.15, 0.2) is 11.4 Å². The zero-order valence-electron chi connectivity index (χ0n) is 16.9. The second-order valence-electron chi connectivity index (χ2n) is 6.98. The molecule has 0 saturated carbocycles. The van der Waals surface area contributed by atoms with Crippen molar-refractivity contribution in [3.63, 3.8) is 0 Å². The summed E-state index contributed by atoms with van der Waals surface area (Å²) in [5.74, 6) is -0.151. The second-order valence-corrected chi connectivity index (χ2v) is 8.15. The average Bonchev–Trinajstić information content (AvgIpc) is 3.04. The number of amides is 1. The number of nitrogens with one attached hydrogen (secondary N) is 1.